The molecule has 8 nitrogen and oxygen atoms in total. The van der Waals surface area contributed by atoms with Crippen molar-refractivity contribution in [3.63, 3.8) is 0 Å². The topological polar surface area (TPSA) is 96.0 Å². The van der Waals surface area contributed by atoms with E-state index in [1.807, 2.05) is 51.1 Å². The molecular formula is C30H35Cl2N3O5S. The van der Waals surface area contributed by atoms with Gasteiger partial charge in [0, 0.05) is 29.1 Å². The lowest BCUT2D eigenvalue weighted by molar-refractivity contribution is -0.140. The van der Waals surface area contributed by atoms with Crippen molar-refractivity contribution in [2.75, 3.05) is 24.2 Å². The minimum atomic E-state index is -3.94. The van der Waals surface area contributed by atoms with E-state index in [2.05, 4.69) is 5.32 Å². The number of hydrogen-bond acceptors (Lipinski definition) is 5. The van der Waals surface area contributed by atoms with Crippen molar-refractivity contribution in [3.8, 4) is 5.75 Å². The highest BCUT2D eigenvalue weighted by Gasteiger charge is 2.34. The van der Waals surface area contributed by atoms with Gasteiger partial charge in [-0.15, -0.1) is 0 Å². The molecule has 3 aromatic rings. The Labute approximate surface area is 252 Å². The van der Waals surface area contributed by atoms with Gasteiger partial charge in [-0.25, -0.2) is 8.42 Å². The largest absolute Gasteiger partial charge is 0.495 e. The summed E-state index contributed by atoms with van der Waals surface area (Å²) in [7, 11) is -2.52. The van der Waals surface area contributed by atoms with Crippen molar-refractivity contribution in [2.24, 2.45) is 0 Å². The van der Waals surface area contributed by atoms with Crippen LogP contribution in [0.5, 0.6) is 5.75 Å². The van der Waals surface area contributed by atoms with Gasteiger partial charge in [0.1, 0.15) is 18.3 Å². The van der Waals surface area contributed by atoms with E-state index in [0.717, 1.165) is 21.7 Å². The quantitative estimate of drug-likeness (QED) is 0.299. The van der Waals surface area contributed by atoms with E-state index >= 15 is 0 Å². The fourth-order valence-electron chi connectivity index (χ4n) is 4.36. The van der Waals surface area contributed by atoms with Gasteiger partial charge in [-0.1, -0.05) is 65.7 Å². The number of anilines is 1. The molecule has 0 spiro atoms. The molecule has 0 saturated carbocycles. The molecule has 0 radical (unpaired) electrons. The molecule has 3 aromatic carbocycles. The maximum absolute atomic E-state index is 14.2. The standard InChI is InChI=1S/C30H35Cl2N3O5S/c1-20(2)33-30(37)27(16-22-9-7-6-8-10-22)34(18-23-12-13-24(31)17-25(23)32)29(36)19-35(41(5,38)39)26-15-21(3)11-14-28(26)40-4/h6-15,17,20,27H,16,18-19H2,1-5H3,(H,33,37)/t27-/m1/s1. The zero-order chi connectivity index (χ0) is 30.3. The van der Waals surface area contributed by atoms with Gasteiger partial charge < -0.3 is 15.0 Å². The second-order valence-corrected chi connectivity index (χ2v) is 12.8. The van der Waals surface area contributed by atoms with Crippen LogP contribution >= 0.6 is 23.2 Å². The Morgan fingerprint density at radius 1 is 1.00 bits per heavy atom. The maximum atomic E-state index is 14.2. The molecule has 1 N–H and O–H groups in total. The maximum Gasteiger partial charge on any atom is 0.244 e. The second kappa shape index (κ2) is 14.1. The lowest BCUT2D eigenvalue weighted by atomic mass is 10.0. The minimum absolute atomic E-state index is 0.0552. The van der Waals surface area contributed by atoms with E-state index in [1.54, 1.807) is 36.4 Å². The van der Waals surface area contributed by atoms with E-state index in [1.165, 1.54) is 12.0 Å². The third-order valence-electron chi connectivity index (χ3n) is 6.34. The summed E-state index contributed by atoms with van der Waals surface area (Å²) in [6, 6.07) is 18.1. The Bertz CT molecular complexity index is 1480. The third-order valence-corrected chi connectivity index (χ3v) is 8.05. The zero-order valence-corrected chi connectivity index (χ0v) is 26.1. The molecule has 0 aliphatic rings. The smallest absolute Gasteiger partial charge is 0.244 e. The summed E-state index contributed by atoms with van der Waals surface area (Å²) in [4.78, 5) is 29.2. The highest BCUT2D eigenvalue weighted by molar-refractivity contribution is 7.92. The number of ether oxygens (including phenoxy) is 1. The van der Waals surface area contributed by atoms with Crippen molar-refractivity contribution in [2.45, 2.75) is 45.8 Å². The van der Waals surface area contributed by atoms with E-state index in [-0.39, 0.29) is 30.6 Å². The van der Waals surface area contributed by atoms with Gasteiger partial charge in [0.25, 0.3) is 0 Å². The molecule has 0 unspecified atom stereocenters. The summed E-state index contributed by atoms with van der Waals surface area (Å²) in [6.07, 6.45) is 1.22. The number of carbonyl (C=O) groups excluding carboxylic acids is 2. The van der Waals surface area contributed by atoms with Crippen LogP contribution in [-0.4, -0.2) is 57.1 Å². The van der Waals surface area contributed by atoms with Crippen LogP contribution < -0.4 is 14.4 Å². The Morgan fingerprint density at radius 3 is 2.27 bits per heavy atom. The van der Waals surface area contributed by atoms with Crippen LogP contribution in [0.2, 0.25) is 10.0 Å². The molecule has 3 rings (SSSR count). The van der Waals surface area contributed by atoms with Crippen molar-refractivity contribution in [1.29, 1.82) is 0 Å². The Kier molecular flexibility index (Phi) is 11.1. The first-order valence-electron chi connectivity index (χ1n) is 13.0. The van der Waals surface area contributed by atoms with Crippen LogP contribution in [-0.2, 0) is 32.6 Å². The SMILES string of the molecule is COc1ccc(C)cc1N(CC(=O)N(Cc1ccc(Cl)cc1Cl)[C@H](Cc1ccccc1)C(=O)NC(C)C)S(C)(=O)=O. The van der Waals surface area contributed by atoms with Crippen LogP contribution in [0.25, 0.3) is 0 Å². The van der Waals surface area contributed by atoms with E-state index in [4.69, 9.17) is 27.9 Å². The number of aryl methyl sites for hydroxylation is 1. The number of nitrogens with zero attached hydrogens (tertiary/aromatic N) is 2. The van der Waals surface area contributed by atoms with Crippen LogP contribution in [0.4, 0.5) is 5.69 Å². The van der Waals surface area contributed by atoms with E-state index < -0.39 is 28.5 Å². The molecule has 0 saturated heterocycles. The number of nitrogens with one attached hydrogen (secondary N) is 1. The Balaban J connectivity index is 2.13. The fraction of sp³-hybridized carbons (Fsp3) is 0.333. The number of methoxy groups -OCH3 is 1. The van der Waals surface area contributed by atoms with Gasteiger partial charge in [-0.2, -0.15) is 0 Å². The van der Waals surface area contributed by atoms with Gasteiger partial charge in [0.05, 0.1) is 19.1 Å². The van der Waals surface area contributed by atoms with Crippen LogP contribution in [0.15, 0.2) is 66.7 Å². The number of rotatable bonds is 12. The predicted octanol–water partition coefficient (Wildman–Crippen LogP) is 5.24. The molecule has 0 fully saturated rings. The number of carbonyl (C=O) groups is 2. The number of amides is 2. The predicted molar refractivity (Wildman–Crippen MR) is 164 cm³/mol. The molecular weight excluding hydrogens is 585 g/mol. The lowest BCUT2D eigenvalue weighted by Gasteiger charge is -2.34. The summed E-state index contributed by atoms with van der Waals surface area (Å²) in [6.45, 7) is 4.85. The molecule has 0 heterocycles. The Hall–Kier alpha value is -3.27. The Morgan fingerprint density at radius 2 is 1.68 bits per heavy atom. The normalized spacial score (nSPS) is 12.1. The summed E-state index contributed by atoms with van der Waals surface area (Å²) in [5.74, 6) is -0.675. The summed E-state index contributed by atoms with van der Waals surface area (Å²) < 4.78 is 32.5. The number of sulfonamides is 1. The molecule has 0 aliphatic heterocycles. The molecule has 2 amide bonds. The first-order chi connectivity index (χ1) is 19.3. The highest BCUT2D eigenvalue weighted by atomic mass is 35.5. The van der Waals surface area contributed by atoms with Gasteiger partial charge in [-0.3, -0.25) is 13.9 Å². The second-order valence-electron chi connectivity index (χ2n) is 10.1. The summed E-state index contributed by atoms with van der Waals surface area (Å²) in [5, 5.41) is 3.65. The van der Waals surface area contributed by atoms with E-state index in [9.17, 15) is 18.0 Å². The third kappa shape index (κ3) is 8.86. The monoisotopic (exact) mass is 619 g/mol. The molecule has 220 valence electrons. The first kappa shape index (κ1) is 32.2. The van der Waals surface area contributed by atoms with Gasteiger partial charge in [-0.05, 0) is 61.7 Å². The number of hydrogen-bond donors (Lipinski definition) is 1. The van der Waals surface area contributed by atoms with Crippen LogP contribution in [0, 0.1) is 6.92 Å². The number of benzene rings is 3. The van der Waals surface area contributed by atoms with Crippen molar-refractivity contribution < 1.29 is 22.7 Å². The van der Waals surface area contributed by atoms with Gasteiger partial charge in [0.15, 0.2) is 0 Å². The molecule has 0 aromatic heterocycles. The molecule has 0 aliphatic carbocycles. The fourth-order valence-corrected chi connectivity index (χ4v) is 5.67. The molecule has 11 heteroatoms. The molecule has 41 heavy (non-hydrogen) atoms. The average molecular weight is 621 g/mol. The zero-order valence-electron chi connectivity index (χ0n) is 23.7. The average Bonchev–Trinajstić information content (AvgIpc) is 2.89. The minimum Gasteiger partial charge on any atom is -0.495 e. The molecule has 1 atom stereocenters. The van der Waals surface area contributed by atoms with Crippen molar-refractivity contribution >= 4 is 50.7 Å². The van der Waals surface area contributed by atoms with Crippen molar-refractivity contribution in [3.05, 3.63) is 93.5 Å². The summed E-state index contributed by atoms with van der Waals surface area (Å²) >= 11 is 12.6. The van der Waals surface area contributed by atoms with Gasteiger partial charge in [0.2, 0.25) is 21.8 Å². The van der Waals surface area contributed by atoms with Crippen molar-refractivity contribution in [1.82, 2.24) is 10.2 Å². The highest BCUT2D eigenvalue weighted by Crippen LogP contribution is 2.32. The first-order valence-corrected chi connectivity index (χ1v) is 15.6. The molecule has 0 bridgehead atoms. The number of halogens is 2. The summed E-state index contributed by atoms with van der Waals surface area (Å²) in [5.41, 5.74) is 2.39. The lowest BCUT2D eigenvalue weighted by Crippen LogP contribution is -2.54. The van der Waals surface area contributed by atoms with E-state index in [0.29, 0.717) is 21.4 Å². The van der Waals surface area contributed by atoms with Gasteiger partial charge >= 0.3 is 0 Å². The van der Waals surface area contributed by atoms with Crippen LogP contribution in [0.1, 0.15) is 30.5 Å². The van der Waals surface area contributed by atoms with Crippen LogP contribution in [0.3, 0.4) is 0 Å².